The number of aryl methyl sites for hydroxylation is 1. The van der Waals surface area contributed by atoms with Gasteiger partial charge in [0.1, 0.15) is 12.3 Å². The molecule has 8 nitrogen and oxygen atoms in total. The Morgan fingerprint density at radius 1 is 1.09 bits per heavy atom. The van der Waals surface area contributed by atoms with Gasteiger partial charge in [-0.2, -0.15) is 4.98 Å². The van der Waals surface area contributed by atoms with E-state index >= 15 is 0 Å². The van der Waals surface area contributed by atoms with Gasteiger partial charge in [-0.3, -0.25) is 9.59 Å². The summed E-state index contributed by atoms with van der Waals surface area (Å²) in [5.74, 6) is 0.922. The van der Waals surface area contributed by atoms with Crippen molar-refractivity contribution in [2.24, 2.45) is 0 Å². The molecular formula is C24H22N4O4. The number of pyridine rings is 1. The van der Waals surface area contributed by atoms with Crippen molar-refractivity contribution in [3.05, 3.63) is 82.8 Å². The maximum atomic E-state index is 12.6. The van der Waals surface area contributed by atoms with E-state index in [9.17, 15) is 9.59 Å². The maximum absolute atomic E-state index is 12.6. The topological polar surface area (TPSA) is 99.2 Å². The fraction of sp³-hybridized carbons (Fsp3) is 0.167. The first-order valence-corrected chi connectivity index (χ1v) is 10.2. The lowest BCUT2D eigenvalue weighted by Crippen LogP contribution is -2.27. The Kier molecular flexibility index (Phi) is 6.12. The normalized spacial score (nSPS) is 10.7. The molecule has 0 saturated heterocycles. The highest BCUT2D eigenvalue weighted by Crippen LogP contribution is 2.24. The number of ether oxygens (including phenoxy) is 1. The minimum atomic E-state index is -0.359. The van der Waals surface area contributed by atoms with Crippen LogP contribution in [0.5, 0.6) is 5.75 Å². The molecule has 0 radical (unpaired) electrons. The summed E-state index contributed by atoms with van der Waals surface area (Å²) in [5, 5.41) is 6.82. The average molecular weight is 430 g/mol. The molecule has 2 heterocycles. The molecule has 0 unspecified atom stereocenters. The molecule has 162 valence electrons. The van der Waals surface area contributed by atoms with Gasteiger partial charge in [0.15, 0.2) is 0 Å². The first kappa shape index (κ1) is 21.0. The van der Waals surface area contributed by atoms with E-state index in [1.807, 2.05) is 44.2 Å². The Morgan fingerprint density at radius 2 is 1.94 bits per heavy atom. The molecule has 1 amide bonds. The summed E-state index contributed by atoms with van der Waals surface area (Å²) in [4.78, 5) is 29.3. The fourth-order valence-corrected chi connectivity index (χ4v) is 3.22. The van der Waals surface area contributed by atoms with Crippen LogP contribution >= 0.6 is 0 Å². The summed E-state index contributed by atoms with van der Waals surface area (Å²) in [7, 11) is 0. The minimum absolute atomic E-state index is 0.175. The molecule has 4 rings (SSSR count). The molecule has 1 N–H and O–H groups in total. The monoisotopic (exact) mass is 430 g/mol. The molecule has 0 aliphatic carbocycles. The van der Waals surface area contributed by atoms with Gasteiger partial charge < -0.3 is 19.1 Å². The second-order valence-electron chi connectivity index (χ2n) is 7.15. The molecule has 8 heteroatoms. The maximum Gasteiger partial charge on any atom is 0.259 e. The Morgan fingerprint density at radius 3 is 2.75 bits per heavy atom. The van der Waals surface area contributed by atoms with E-state index in [0.29, 0.717) is 29.4 Å². The van der Waals surface area contributed by atoms with E-state index in [1.165, 1.54) is 16.8 Å². The first-order valence-electron chi connectivity index (χ1n) is 10.2. The molecule has 0 aliphatic rings. The van der Waals surface area contributed by atoms with Crippen LogP contribution < -0.4 is 15.6 Å². The van der Waals surface area contributed by atoms with E-state index in [2.05, 4.69) is 15.5 Å². The van der Waals surface area contributed by atoms with Gasteiger partial charge >= 0.3 is 0 Å². The number of para-hydroxylation sites is 2. The zero-order valence-electron chi connectivity index (χ0n) is 17.7. The highest BCUT2D eigenvalue weighted by atomic mass is 16.5. The lowest BCUT2D eigenvalue weighted by molar-refractivity contribution is -0.116. The van der Waals surface area contributed by atoms with Crippen LogP contribution in [0.3, 0.4) is 0 Å². The number of benzene rings is 2. The van der Waals surface area contributed by atoms with Crippen LogP contribution in [-0.4, -0.2) is 27.2 Å². The number of hydrogen-bond donors (Lipinski definition) is 1. The molecule has 2 aromatic heterocycles. The standard InChI is InChI=1S/C24H22N4O4/c1-3-31-20-10-5-4-9-19(20)25-21(29)15-28-14-18(11-12-22(28)30)24-26-23(27-32-24)17-8-6-7-16(2)13-17/h4-14H,3,15H2,1-2H3,(H,25,29). The van der Waals surface area contributed by atoms with E-state index in [4.69, 9.17) is 9.26 Å². The molecule has 0 bridgehead atoms. The van der Waals surface area contributed by atoms with Gasteiger partial charge in [0.25, 0.3) is 11.4 Å². The van der Waals surface area contributed by atoms with Crippen LogP contribution in [0.25, 0.3) is 22.8 Å². The number of nitrogens with zero attached hydrogens (tertiary/aromatic N) is 3. The molecule has 0 saturated carbocycles. The van der Waals surface area contributed by atoms with Crippen LogP contribution in [0.1, 0.15) is 12.5 Å². The number of anilines is 1. The Balaban J connectivity index is 1.54. The van der Waals surface area contributed by atoms with Gasteiger partial charge in [0.2, 0.25) is 11.7 Å². The molecule has 0 atom stereocenters. The van der Waals surface area contributed by atoms with Crippen LogP contribution in [0.2, 0.25) is 0 Å². The average Bonchev–Trinajstić information content (AvgIpc) is 3.27. The fourth-order valence-electron chi connectivity index (χ4n) is 3.22. The zero-order chi connectivity index (χ0) is 22.5. The third-order valence-corrected chi connectivity index (χ3v) is 4.71. The lowest BCUT2D eigenvalue weighted by atomic mass is 10.1. The number of rotatable bonds is 7. The van der Waals surface area contributed by atoms with E-state index < -0.39 is 0 Å². The predicted molar refractivity (Wildman–Crippen MR) is 120 cm³/mol. The summed E-state index contributed by atoms with van der Waals surface area (Å²) in [5.41, 5.74) is 2.68. The molecule has 32 heavy (non-hydrogen) atoms. The Labute approximate surface area is 184 Å². The summed E-state index contributed by atoms with van der Waals surface area (Å²) in [6, 6.07) is 17.9. The smallest absolute Gasteiger partial charge is 0.259 e. The van der Waals surface area contributed by atoms with Crippen molar-refractivity contribution in [3.8, 4) is 28.6 Å². The predicted octanol–water partition coefficient (Wildman–Crippen LogP) is 3.91. The van der Waals surface area contributed by atoms with Gasteiger partial charge in [-0.15, -0.1) is 0 Å². The van der Waals surface area contributed by atoms with Crippen molar-refractivity contribution in [2.75, 3.05) is 11.9 Å². The largest absolute Gasteiger partial charge is 0.492 e. The summed E-state index contributed by atoms with van der Waals surface area (Å²) in [6.45, 7) is 4.15. The highest BCUT2D eigenvalue weighted by molar-refractivity contribution is 5.92. The third kappa shape index (κ3) is 4.75. The van der Waals surface area contributed by atoms with Gasteiger partial charge in [0.05, 0.1) is 17.9 Å². The van der Waals surface area contributed by atoms with Crippen LogP contribution in [-0.2, 0) is 11.3 Å². The van der Waals surface area contributed by atoms with Crippen molar-refractivity contribution in [1.82, 2.24) is 14.7 Å². The summed E-state index contributed by atoms with van der Waals surface area (Å²) >= 11 is 0. The second-order valence-corrected chi connectivity index (χ2v) is 7.15. The molecule has 2 aromatic carbocycles. The summed E-state index contributed by atoms with van der Waals surface area (Å²) < 4.78 is 12.2. The SMILES string of the molecule is CCOc1ccccc1NC(=O)Cn1cc(-c2nc(-c3cccc(C)c3)no2)ccc1=O. The van der Waals surface area contributed by atoms with Crippen molar-refractivity contribution < 1.29 is 14.1 Å². The van der Waals surface area contributed by atoms with Gasteiger partial charge in [-0.25, -0.2) is 0 Å². The number of amides is 1. The van der Waals surface area contributed by atoms with Crippen molar-refractivity contribution in [1.29, 1.82) is 0 Å². The summed E-state index contributed by atoms with van der Waals surface area (Å²) in [6.07, 6.45) is 1.53. The molecule has 0 aliphatic heterocycles. The molecule has 4 aromatic rings. The molecular weight excluding hydrogens is 408 g/mol. The van der Waals surface area contributed by atoms with Gasteiger partial charge in [-0.1, -0.05) is 41.1 Å². The Bertz CT molecular complexity index is 1310. The lowest BCUT2D eigenvalue weighted by Gasteiger charge is -2.12. The number of nitrogens with one attached hydrogen (secondary N) is 1. The third-order valence-electron chi connectivity index (χ3n) is 4.71. The quantitative estimate of drug-likeness (QED) is 0.477. The van der Waals surface area contributed by atoms with Gasteiger partial charge in [0, 0.05) is 17.8 Å². The van der Waals surface area contributed by atoms with Crippen LogP contribution in [0, 0.1) is 6.92 Å². The van der Waals surface area contributed by atoms with E-state index in [0.717, 1.165) is 11.1 Å². The number of carbonyl (C=O) groups excluding carboxylic acids is 1. The molecule has 0 fully saturated rings. The van der Waals surface area contributed by atoms with Crippen LogP contribution in [0.4, 0.5) is 5.69 Å². The van der Waals surface area contributed by atoms with E-state index in [1.54, 1.807) is 24.3 Å². The zero-order valence-corrected chi connectivity index (χ0v) is 17.7. The van der Waals surface area contributed by atoms with Crippen molar-refractivity contribution >= 4 is 11.6 Å². The molecule has 0 spiro atoms. The second kappa shape index (κ2) is 9.30. The van der Waals surface area contributed by atoms with Crippen LogP contribution in [0.15, 0.2) is 76.2 Å². The van der Waals surface area contributed by atoms with Crippen molar-refractivity contribution in [3.63, 3.8) is 0 Å². The minimum Gasteiger partial charge on any atom is -0.492 e. The first-order chi connectivity index (χ1) is 15.5. The number of aromatic nitrogens is 3. The van der Waals surface area contributed by atoms with Gasteiger partial charge in [-0.05, 0) is 38.1 Å². The number of hydrogen-bond acceptors (Lipinski definition) is 6. The number of carbonyl (C=O) groups is 1. The highest BCUT2D eigenvalue weighted by Gasteiger charge is 2.14. The van der Waals surface area contributed by atoms with Crippen molar-refractivity contribution in [2.45, 2.75) is 20.4 Å². The Hall–Kier alpha value is -4.20. The van der Waals surface area contributed by atoms with E-state index in [-0.39, 0.29) is 23.9 Å².